The Hall–Kier alpha value is -1.15. The van der Waals surface area contributed by atoms with Crippen LogP contribution in [0.3, 0.4) is 0 Å². The molecular formula is C14H14OS. The first kappa shape index (κ1) is 10.0. The van der Waals surface area contributed by atoms with Crippen molar-refractivity contribution < 1.29 is 4.79 Å². The van der Waals surface area contributed by atoms with Gasteiger partial charge in [0.2, 0.25) is 0 Å². The van der Waals surface area contributed by atoms with Gasteiger partial charge in [0.1, 0.15) is 5.78 Å². The van der Waals surface area contributed by atoms with Gasteiger partial charge in [0.25, 0.3) is 0 Å². The van der Waals surface area contributed by atoms with Crippen molar-refractivity contribution in [3.05, 3.63) is 35.2 Å². The van der Waals surface area contributed by atoms with E-state index in [1.54, 1.807) is 11.3 Å². The summed E-state index contributed by atoms with van der Waals surface area (Å²) < 4.78 is 1.30. The molecule has 2 aromatic rings. The smallest absolute Gasteiger partial charge is 0.140 e. The minimum absolute atomic E-state index is 0.171. The molecule has 1 unspecified atom stereocenters. The van der Waals surface area contributed by atoms with Crippen LogP contribution in [0.4, 0.5) is 0 Å². The first-order valence-corrected chi connectivity index (χ1v) is 6.73. The highest BCUT2D eigenvalue weighted by Crippen LogP contribution is 2.37. The summed E-state index contributed by atoms with van der Waals surface area (Å²) in [6.07, 6.45) is 4.09. The van der Waals surface area contributed by atoms with Gasteiger partial charge in [-0.05, 0) is 35.2 Å². The van der Waals surface area contributed by atoms with Gasteiger partial charge in [-0.15, -0.1) is 11.3 Å². The van der Waals surface area contributed by atoms with Crippen LogP contribution in [0.15, 0.2) is 29.6 Å². The van der Waals surface area contributed by atoms with E-state index >= 15 is 0 Å². The monoisotopic (exact) mass is 230 g/mol. The Morgan fingerprint density at radius 3 is 2.94 bits per heavy atom. The summed E-state index contributed by atoms with van der Waals surface area (Å²) in [5.74, 6) is 0.611. The number of Topliss-reactive ketones (excluding diaryl/α,β-unsaturated/α-hetero) is 1. The van der Waals surface area contributed by atoms with E-state index in [2.05, 4.69) is 29.6 Å². The van der Waals surface area contributed by atoms with Gasteiger partial charge in [-0.2, -0.15) is 0 Å². The van der Waals surface area contributed by atoms with Gasteiger partial charge >= 0.3 is 0 Å². The highest BCUT2D eigenvalue weighted by molar-refractivity contribution is 7.17. The molecule has 1 aliphatic carbocycles. The first-order chi connectivity index (χ1) is 7.86. The molecule has 0 bridgehead atoms. The second kappa shape index (κ2) is 4.02. The fourth-order valence-corrected chi connectivity index (χ4v) is 3.60. The number of hydrogen-bond acceptors (Lipinski definition) is 2. The minimum Gasteiger partial charge on any atom is -0.299 e. The standard InChI is InChI=1S/C14H14OS/c15-13-7-3-1-5-10(13)12-9-16-14-8-4-2-6-11(12)14/h2,4,6,8-10H,1,3,5,7H2. The summed E-state index contributed by atoms with van der Waals surface area (Å²) in [5.41, 5.74) is 1.27. The first-order valence-electron chi connectivity index (χ1n) is 5.85. The van der Waals surface area contributed by atoms with E-state index in [0.29, 0.717) is 5.78 Å². The van der Waals surface area contributed by atoms with Gasteiger partial charge in [0.15, 0.2) is 0 Å². The number of thiophene rings is 1. The summed E-state index contributed by atoms with van der Waals surface area (Å²) in [6.45, 7) is 0. The maximum atomic E-state index is 11.9. The summed E-state index contributed by atoms with van der Waals surface area (Å²) in [7, 11) is 0. The van der Waals surface area contributed by atoms with Crippen molar-refractivity contribution in [2.75, 3.05) is 0 Å². The van der Waals surface area contributed by atoms with E-state index in [1.807, 2.05) is 0 Å². The Morgan fingerprint density at radius 1 is 1.19 bits per heavy atom. The molecule has 1 aliphatic rings. The van der Waals surface area contributed by atoms with Crippen LogP contribution in [-0.4, -0.2) is 5.78 Å². The molecule has 1 aromatic carbocycles. The fourth-order valence-electron chi connectivity index (χ4n) is 2.58. The molecule has 1 fully saturated rings. The van der Waals surface area contributed by atoms with E-state index in [9.17, 15) is 4.79 Å². The highest BCUT2D eigenvalue weighted by Gasteiger charge is 2.25. The third-order valence-electron chi connectivity index (χ3n) is 3.44. The van der Waals surface area contributed by atoms with Gasteiger partial charge in [-0.25, -0.2) is 0 Å². The number of carbonyl (C=O) groups is 1. The lowest BCUT2D eigenvalue weighted by Gasteiger charge is -2.20. The lowest BCUT2D eigenvalue weighted by molar-refractivity contribution is -0.121. The van der Waals surface area contributed by atoms with Crippen LogP contribution in [0.2, 0.25) is 0 Å². The van der Waals surface area contributed by atoms with Crippen LogP contribution in [0.25, 0.3) is 10.1 Å². The van der Waals surface area contributed by atoms with Crippen LogP contribution in [0.5, 0.6) is 0 Å². The maximum Gasteiger partial charge on any atom is 0.140 e. The van der Waals surface area contributed by atoms with Gasteiger partial charge in [-0.1, -0.05) is 24.6 Å². The average molecular weight is 230 g/mol. The molecule has 0 radical (unpaired) electrons. The van der Waals surface area contributed by atoms with Crippen LogP contribution < -0.4 is 0 Å². The third-order valence-corrected chi connectivity index (χ3v) is 4.42. The number of ketones is 1. The largest absolute Gasteiger partial charge is 0.299 e. The summed E-state index contributed by atoms with van der Waals surface area (Å²) in [5, 5.41) is 3.46. The predicted molar refractivity (Wildman–Crippen MR) is 68.0 cm³/mol. The molecule has 82 valence electrons. The SMILES string of the molecule is O=C1CCCCC1c1csc2ccccc12. The van der Waals surface area contributed by atoms with Gasteiger partial charge in [0.05, 0.1) is 0 Å². The zero-order valence-corrected chi connectivity index (χ0v) is 9.93. The van der Waals surface area contributed by atoms with Crippen LogP contribution in [-0.2, 0) is 4.79 Å². The molecule has 2 heteroatoms. The fraction of sp³-hybridized carbons (Fsp3) is 0.357. The maximum absolute atomic E-state index is 11.9. The van der Waals surface area contributed by atoms with E-state index in [-0.39, 0.29) is 5.92 Å². The zero-order chi connectivity index (χ0) is 11.0. The van der Waals surface area contributed by atoms with Crippen molar-refractivity contribution in [3.8, 4) is 0 Å². The zero-order valence-electron chi connectivity index (χ0n) is 9.11. The number of benzene rings is 1. The molecule has 0 spiro atoms. The topological polar surface area (TPSA) is 17.1 Å². The van der Waals surface area contributed by atoms with E-state index in [1.165, 1.54) is 22.1 Å². The Kier molecular flexibility index (Phi) is 2.52. The molecule has 1 saturated carbocycles. The predicted octanol–water partition coefficient (Wildman–Crippen LogP) is 4.13. The second-order valence-corrected chi connectivity index (χ2v) is 5.36. The van der Waals surface area contributed by atoms with Crippen molar-refractivity contribution in [2.24, 2.45) is 0 Å². The normalized spacial score (nSPS) is 21.5. The molecular weight excluding hydrogens is 216 g/mol. The highest BCUT2D eigenvalue weighted by atomic mass is 32.1. The van der Waals surface area contributed by atoms with Gasteiger partial charge in [-0.3, -0.25) is 4.79 Å². The van der Waals surface area contributed by atoms with Crippen molar-refractivity contribution >= 4 is 27.2 Å². The Balaban J connectivity index is 2.08. The quantitative estimate of drug-likeness (QED) is 0.720. The Bertz CT molecular complexity index is 526. The van der Waals surface area contributed by atoms with Crippen molar-refractivity contribution in [3.63, 3.8) is 0 Å². The average Bonchev–Trinajstić information content (AvgIpc) is 2.74. The summed E-state index contributed by atoms with van der Waals surface area (Å²) in [6, 6.07) is 8.40. The number of hydrogen-bond donors (Lipinski definition) is 0. The molecule has 0 aliphatic heterocycles. The molecule has 1 heterocycles. The van der Waals surface area contributed by atoms with E-state index in [0.717, 1.165) is 19.3 Å². The van der Waals surface area contributed by atoms with Crippen LogP contribution in [0, 0.1) is 0 Å². The van der Waals surface area contributed by atoms with Crippen LogP contribution >= 0.6 is 11.3 Å². The third kappa shape index (κ3) is 1.57. The van der Waals surface area contributed by atoms with Gasteiger partial charge in [0, 0.05) is 17.0 Å². The van der Waals surface area contributed by atoms with E-state index in [4.69, 9.17) is 0 Å². The van der Waals surface area contributed by atoms with Crippen molar-refractivity contribution in [2.45, 2.75) is 31.6 Å². The molecule has 0 saturated heterocycles. The molecule has 1 aromatic heterocycles. The number of carbonyl (C=O) groups excluding carboxylic acids is 1. The molecule has 3 rings (SSSR count). The molecule has 1 atom stereocenters. The summed E-state index contributed by atoms with van der Waals surface area (Å²) in [4.78, 5) is 11.9. The number of fused-ring (bicyclic) bond motifs is 1. The van der Waals surface area contributed by atoms with Crippen molar-refractivity contribution in [1.29, 1.82) is 0 Å². The molecule has 0 amide bonds. The Morgan fingerprint density at radius 2 is 2.06 bits per heavy atom. The molecule has 0 N–H and O–H groups in total. The minimum atomic E-state index is 0.171. The lowest BCUT2D eigenvalue weighted by atomic mass is 9.83. The van der Waals surface area contributed by atoms with Gasteiger partial charge < -0.3 is 0 Å². The molecule has 1 nitrogen and oxygen atoms in total. The second-order valence-electron chi connectivity index (χ2n) is 4.45. The molecule has 16 heavy (non-hydrogen) atoms. The van der Waals surface area contributed by atoms with Crippen LogP contribution in [0.1, 0.15) is 37.2 Å². The van der Waals surface area contributed by atoms with Crippen molar-refractivity contribution in [1.82, 2.24) is 0 Å². The van der Waals surface area contributed by atoms with E-state index < -0.39 is 0 Å². The number of rotatable bonds is 1. The lowest BCUT2D eigenvalue weighted by Crippen LogP contribution is -2.16. The summed E-state index contributed by atoms with van der Waals surface area (Å²) >= 11 is 1.76. The Labute approximate surface area is 99.1 Å².